The van der Waals surface area contributed by atoms with E-state index in [2.05, 4.69) is 24.8 Å². The zero-order chi connectivity index (χ0) is 5.56. The quantitative estimate of drug-likeness (QED) is 0.447. The molecule has 0 saturated carbocycles. The fourth-order valence-corrected chi connectivity index (χ4v) is 0.845. The lowest BCUT2D eigenvalue weighted by Crippen LogP contribution is -1.97. The molecule has 0 aliphatic heterocycles. The van der Waals surface area contributed by atoms with Gasteiger partial charge in [-0.1, -0.05) is 18.7 Å². The molecule has 0 heteroatoms. The maximum atomic E-state index is 3.79. The van der Waals surface area contributed by atoms with Gasteiger partial charge >= 0.3 is 0 Å². The second kappa shape index (κ2) is 1.03. The lowest BCUT2D eigenvalue weighted by atomic mass is 10.3. The molecule has 0 aromatic heterocycles. The van der Waals surface area contributed by atoms with Crippen molar-refractivity contribution in [2.24, 2.45) is 0 Å². The van der Waals surface area contributed by atoms with Crippen LogP contribution in [0.2, 0.25) is 0 Å². The Morgan fingerprint density at radius 3 is 2.75 bits per heavy atom. The molecule has 1 aromatic rings. The highest BCUT2D eigenvalue weighted by atomic mass is 14.0. The summed E-state index contributed by atoms with van der Waals surface area (Å²) in [6.45, 7) is 3.79. The molecule has 2 rings (SSSR count). The third-order valence-corrected chi connectivity index (χ3v) is 1.38. The fraction of sp³-hybridized carbons (Fsp3) is 0. The summed E-state index contributed by atoms with van der Waals surface area (Å²) in [5.41, 5.74) is 1.36. The molecule has 0 spiro atoms. The Balaban J connectivity index is 2.91. The van der Waals surface area contributed by atoms with Crippen molar-refractivity contribution in [1.29, 1.82) is 0 Å². The maximum absolute atomic E-state index is 3.79. The monoisotopic (exact) mass is 102 g/mol. The van der Waals surface area contributed by atoms with Crippen LogP contribution < -0.4 is 10.4 Å². The minimum Gasteiger partial charge on any atom is -0.0917 e. The van der Waals surface area contributed by atoms with Gasteiger partial charge in [0.05, 0.1) is 0 Å². The molecule has 0 N–H and O–H groups in total. The van der Waals surface area contributed by atoms with E-state index in [0.29, 0.717) is 0 Å². The Hall–Kier alpha value is -1.04. The molecule has 8 heavy (non-hydrogen) atoms. The van der Waals surface area contributed by atoms with Gasteiger partial charge in [0, 0.05) is 0 Å². The molecular weight excluding hydrogens is 96.1 g/mol. The van der Waals surface area contributed by atoms with E-state index in [1.807, 2.05) is 6.07 Å². The maximum Gasteiger partial charge on any atom is -0.0172 e. The number of hydrogen-bond donors (Lipinski definition) is 0. The topological polar surface area (TPSA) is 0 Å². The molecule has 38 valence electrons. The van der Waals surface area contributed by atoms with Crippen molar-refractivity contribution in [3.63, 3.8) is 0 Å². The fourth-order valence-electron chi connectivity index (χ4n) is 0.845. The third-order valence-electron chi connectivity index (χ3n) is 1.38. The minimum absolute atomic E-state index is 1.11. The normalized spacial score (nSPS) is 12.0. The number of fused-ring (bicyclic) bond motifs is 1. The molecule has 1 aliphatic rings. The largest absolute Gasteiger partial charge is 0.0917 e. The van der Waals surface area contributed by atoms with Gasteiger partial charge in [-0.2, -0.15) is 0 Å². The lowest BCUT2D eigenvalue weighted by molar-refractivity contribution is 1.62. The first-order valence-corrected chi connectivity index (χ1v) is 2.67. The summed E-state index contributed by atoms with van der Waals surface area (Å²) in [5, 5.41) is 2.48. The summed E-state index contributed by atoms with van der Waals surface area (Å²) in [4.78, 5) is 0. The molecule has 0 atom stereocenters. The van der Waals surface area contributed by atoms with Gasteiger partial charge in [-0.3, -0.25) is 0 Å². The number of benzene rings is 1. The Morgan fingerprint density at radius 2 is 2.12 bits per heavy atom. The van der Waals surface area contributed by atoms with E-state index < -0.39 is 0 Å². The van der Waals surface area contributed by atoms with Crippen LogP contribution in [0.15, 0.2) is 18.2 Å². The second-order valence-electron chi connectivity index (χ2n) is 2.11. The molecule has 0 unspecified atom stereocenters. The van der Waals surface area contributed by atoms with Crippen LogP contribution in [-0.4, -0.2) is 0 Å². The standard InChI is InChI=1S/C8H6/c1-6-2-3-7-5-8(7)4-6/h2-5H,1H2. The van der Waals surface area contributed by atoms with Gasteiger partial charge in [-0.25, -0.2) is 0 Å². The van der Waals surface area contributed by atoms with Gasteiger partial charge in [0.1, 0.15) is 0 Å². The smallest absolute Gasteiger partial charge is 0.0172 e. The lowest BCUT2D eigenvalue weighted by Gasteiger charge is -1.74. The zero-order valence-electron chi connectivity index (χ0n) is 4.52. The van der Waals surface area contributed by atoms with Gasteiger partial charge in [-0.05, 0) is 28.1 Å². The van der Waals surface area contributed by atoms with Gasteiger partial charge in [0.25, 0.3) is 0 Å². The van der Waals surface area contributed by atoms with Gasteiger partial charge < -0.3 is 0 Å². The molecule has 0 nitrogen and oxygen atoms in total. The molecule has 0 saturated heterocycles. The van der Waals surface area contributed by atoms with E-state index in [4.69, 9.17) is 0 Å². The molecule has 0 heterocycles. The Bertz CT molecular complexity index is 320. The molecule has 1 aliphatic carbocycles. The van der Waals surface area contributed by atoms with Crippen molar-refractivity contribution in [3.05, 3.63) is 34.2 Å². The summed E-state index contributed by atoms with van der Waals surface area (Å²) < 4.78 is 0. The van der Waals surface area contributed by atoms with E-state index >= 15 is 0 Å². The Labute approximate surface area is 47.8 Å². The van der Waals surface area contributed by atoms with Crippen LogP contribution in [0.1, 0.15) is 5.56 Å². The van der Waals surface area contributed by atoms with E-state index in [9.17, 15) is 0 Å². The van der Waals surface area contributed by atoms with E-state index in [1.54, 1.807) is 0 Å². The van der Waals surface area contributed by atoms with E-state index in [0.717, 1.165) is 5.22 Å². The molecule has 1 aromatic carbocycles. The number of rotatable bonds is 0. The summed E-state index contributed by atoms with van der Waals surface area (Å²) >= 11 is 0. The van der Waals surface area contributed by atoms with Crippen LogP contribution in [0.3, 0.4) is 0 Å². The summed E-state index contributed by atoms with van der Waals surface area (Å²) in [5.74, 6) is 0. The van der Waals surface area contributed by atoms with Crippen LogP contribution in [-0.2, 0) is 0 Å². The Kier molecular flexibility index (Phi) is 0.500. The highest BCUT2D eigenvalue weighted by Crippen LogP contribution is 1.98. The van der Waals surface area contributed by atoms with Crippen molar-refractivity contribution in [2.75, 3.05) is 0 Å². The Morgan fingerprint density at radius 1 is 1.25 bits per heavy atom. The summed E-state index contributed by atoms with van der Waals surface area (Å²) in [7, 11) is 0. The van der Waals surface area contributed by atoms with Crippen LogP contribution in [0.4, 0.5) is 0 Å². The average molecular weight is 102 g/mol. The van der Waals surface area contributed by atoms with Crippen molar-refractivity contribution in [3.8, 4) is 0 Å². The van der Waals surface area contributed by atoms with Crippen molar-refractivity contribution in [1.82, 2.24) is 0 Å². The van der Waals surface area contributed by atoms with Crippen molar-refractivity contribution < 1.29 is 0 Å². The molecule has 0 radical (unpaired) electrons. The first kappa shape index (κ1) is 3.90. The predicted molar refractivity (Wildman–Crippen MR) is 34.8 cm³/mol. The van der Waals surface area contributed by atoms with Gasteiger partial charge in [0.2, 0.25) is 0 Å². The van der Waals surface area contributed by atoms with Crippen molar-refractivity contribution >= 4 is 12.7 Å². The van der Waals surface area contributed by atoms with E-state index in [1.165, 1.54) is 10.8 Å². The zero-order valence-corrected chi connectivity index (χ0v) is 4.52. The predicted octanol–water partition coefficient (Wildman–Crippen LogP) is 0.239. The second-order valence-corrected chi connectivity index (χ2v) is 2.11. The van der Waals surface area contributed by atoms with Crippen LogP contribution in [0.5, 0.6) is 0 Å². The van der Waals surface area contributed by atoms with Crippen LogP contribution in [0.25, 0.3) is 12.7 Å². The molecule has 0 bridgehead atoms. The first-order valence-electron chi connectivity index (χ1n) is 2.67. The molecule has 0 amide bonds. The third kappa shape index (κ3) is 0.399. The molecule has 0 fully saturated rings. The first-order chi connectivity index (χ1) is 3.86. The SMILES string of the molecule is C=c1ccc2c(c1)C=2. The van der Waals surface area contributed by atoms with Gasteiger partial charge in [0.15, 0.2) is 0 Å². The van der Waals surface area contributed by atoms with Gasteiger partial charge in [-0.15, -0.1) is 0 Å². The molecular formula is C8H6. The summed E-state index contributed by atoms with van der Waals surface area (Å²) in [6.07, 6.45) is 2.15. The average Bonchev–Trinajstić information content (AvgIpc) is 2.43. The number of hydrogen-bond acceptors (Lipinski definition) is 0. The minimum atomic E-state index is 1.11. The van der Waals surface area contributed by atoms with Crippen LogP contribution >= 0.6 is 0 Å². The highest BCUT2D eigenvalue weighted by Gasteiger charge is 1.99. The van der Waals surface area contributed by atoms with Crippen molar-refractivity contribution in [2.45, 2.75) is 0 Å². The highest BCUT2D eigenvalue weighted by molar-refractivity contribution is 5.65. The summed E-state index contributed by atoms with van der Waals surface area (Å²) in [6, 6.07) is 6.22. The van der Waals surface area contributed by atoms with Crippen LogP contribution in [0, 0.1) is 0 Å². The van der Waals surface area contributed by atoms with E-state index in [-0.39, 0.29) is 0 Å².